The number of alkyl halides is 3. The molecular weight excluding hydrogens is 369 g/mol. The Morgan fingerprint density at radius 2 is 1.75 bits per heavy atom. The summed E-state index contributed by atoms with van der Waals surface area (Å²) >= 11 is 0. The molecule has 4 heterocycles. The fourth-order valence-electron chi connectivity index (χ4n) is 3.67. The molecule has 9 heteroatoms. The minimum atomic E-state index is -4.46. The number of aryl methyl sites for hydroxylation is 2. The minimum absolute atomic E-state index is 0.133. The first-order valence-corrected chi connectivity index (χ1v) is 9.24. The maximum atomic E-state index is 13.3. The van der Waals surface area contributed by atoms with Crippen LogP contribution in [0.25, 0.3) is 5.65 Å². The second-order valence-corrected chi connectivity index (χ2v) is 7.31. The van der Waals surface area contributed by atoms with E-state index >= 15 is 0 Å². The van der Waals surface area contributed by atoms with Gasteiger partial charge in [0.2, 0.25) is 0 Å². The van der Waals surface area contributed by atoms with Crippen LogP contribution in [0.3, 0.4) is 0 Å². The molecule has 0 unspecified atom stereocenters. The largest absolute Gasteiger partial charge is 0.433 e. The van der Waals surface area contributed by atoms with Crippen molar-refractivity contribution < 1.29 is 13.2 Å². The van der Waals surface area contributed by atoms with Gasteiger partial charge in [0.05, 0.1) is 5.69 Å². The molecule has 28 heavy (non-hydrogen) atoms. The predicted molar refractivity (Wildman–Crippen MR) is 96.7 cm³/mol. The molecule has 0 aliphatic carbocycles. The number of piperidine rings is 1. The highest BCUT2D eigenvalue weighted by Gasteiger charge is 2.35. The molecule has 148 valence electrons. The fourth-order valence-corrected chi connectivity index (χ4v) is 3.67. The fraction of sp³-hybridized carbons (Fsp3) is 0.474. The molecule has 0 saturated carbocycles. The zero-order chi connectivity index (χ0) is 19.9. The first-order valence-electron chi connectivity index (χ1n) is 9.24. The van der Waals surface area contributed by atoms with E-state index in [4.69, 9.17) is 0 Å². The van der Waals surface area contributed by atoms with Gasteiger partial charge in [-0.3, -0.25) is 4.90 Å². The summed E-state index contributed by atoms with van der Waals surface area (Å²) < 4.78 is 40.9. The summed E-state index contributed by atoms with van der Waals surface area (Å²) in [5.41, 5.74) is 1.55. The monoisotopic (exact) mass is 390 g/mol. The van der Waals surface area contributed by atoms with E-state index in [1.165, 1.54) is 0 Å². The third kappa shape index (κ3) is 3.84. The van der Waals surface area contributed by atoms with Crippen molar-refractivity contribution in [1.29, 1.82) is 0 Å². The van der Waals surface area contributed by atoms with Crippen LogP contribution in [0.1, 0.15) is 47.2 Å². The van der Waals surface area contributed by atoms with Gasteiger partial charge >= 0.3 is 6.18 Å². The zero-order valence-electron chi connectivity index (χ0n) is 15.7. The lowest BCUT2D eigenvalue weighted by molar-refractivity contribution is -0.142. The van der Waals surface area contributed by atoms with Crippen LogP contribution in [0.15, 0.2) is 24.5 Å². The van der Waals surface area contributed by atoms with Gasteiger partial charge in [0.1, 0.15) is 11.5 Å². The van der Waals surface area contributed by atoms with Crippen molar-refractivity contribution in [1.82, 2.24) is 29.5 Å². The van der Waals surface area contributed by atoms with E-state index in [1.807, 2.05) is 19.3 Å². The van der Waals surface area contributed by atoms with E-state index in [0.29, 0.717) is 11.4 Å². The number of hydrogen-bond acceptors (Lipinski definition) is 5. The van der Waals surface area contributed by atoms with E-state index in [0.717, 1.165) is 54.4 Å². The van der Waals surface area contributed by atoms with Crippen LogP contribution in [-0.2, 0) is 12.7 Å². The Morgan fingerprint density at radius 3 is 2.39 bits per heavy atom. The Morgan fingerprint density at radius 1 is 1.07 bits per heavy atom. The molecule has 1 aliphatic rings. The summed E-state index contributed by atoms with van der Waals surface area (Å²) in [6.45, 7) is 5.90. The number of hydrogen-bond donors (Lipinski definition) is 0. The smallest absolute Gasteiger partial charge is 0.299 e. The number of fused-ring (bicyclic) bond motifs is 1. The number of likely N-dealkylation sites (tertiary alicyclic amines) is 1. The summed E-state index contributed by atoms with van der Waals surface area (Å²) in [6, 6.07) is 2.73. The molecule has 1 aliphatic heterocycles. The lowest BCUT2D eigenvalue weighted by atomic mass is 9.93. The standard InChI is InChI=1S/C19H21F3N6/c1-12-7-17(19(20,21)22)28-18(25-12)8-16(26-28)15-3-5-27(6-4-15)11-14-9-23-13(2)24-10-14/h7-10,15H,3-6,11H2,1-2H3. The van der Waals surface area contributed by atoms with Gasteiger partial charge in [-0.05, 0) is 45.8 Å². The SMILES string of the molecule is Cc1cc(C(F)(F)F)n2nc(C3CCN(Cc4cnc(C)nc4)CC3)cc2n1. The van der Waals surface area contributed by atoms with Crippen LogP contribution in [0.5, 0.6) is 0 Å². The zero-order valence-corrected chi connectivity index (χ0v) is 15.7. The molecule has 3 aromatic heterocycles. The summed E-state index contributed by atoms with van der Waals surface area (Å²) in [5, 5.41) is 4.26. The minimum Gasteiger partial charge on any atom is -0.299 e. The highest BCUT2D eigenvalue weighted by Crippen LogP contribution is 2.32. The van der Waals surface area contributed by atoms with Gasteiger partial charge in [-0.25, -0.2) is 19.5 Å². The second-order valence-electron chi connectivity index (χ2n) is 7.31. The van der Waals surface area contributed by atoms with Crippen LogP contribution in [-0.4, -0.2) is 42.6 Å². The molecule has 0 N–H and O–H groups in total. The normalized spacial score (nSPS) is 16.8. The van der Waals surface area contributed by atoms with Crippen molar-refractivity contribution >= 4 is 5.65 Å². The number of aromatic nitrogens is 5. The quantitative estimate of drug-likeness (QED) is 0.685. The lowest BCUT2D eigenvalue weighted by Crippen LogP contribution is -2.32. The summed E-state index contributed by atoms with van der Waals surface area (Å²) in [7, 11) is 0. The van der Waals surface area contributed by atoms with Crippen LogP contribution >= 0.6 is 0 Å². The molecule has 1 saturated heterocycles. The molecule has 0 amide bonds. The highest BCUT2D eigenvalue weighted by atomic mass is 19.4. The Bertz CT molecular complexity index is 972. The Kier molecular flexibility index (Phi) is 4.78. The lowest BCUT2D eigenvalue weighted by Gasteiger charge is -2.31. The van der Waals surface area contributed by atoms with Crippen molar-refractivity contribution in [2.45, 2.75) is 45.3 Å². The van der Waals surface area contributed by atoms with E-state index in [1.54, 1.807) is 13.0 Å². The van der Waals surface area contributed by atoms with E-state index in [-0.39, 0.29) is 11.6 Å². The molecular formula is C19H21F3N6. The van der Waals surface area contributed by atoms with Crippen molar-refractivity contribution in [3.63, 3.8) is 0 Å². The molecule has 0 atom stereocenters. The number of rotatable bonds is 3. The van der Waals surface area contributed by atoms with Gasteiger partial charge in [0.15, 0.2) is 5.65 Å². The Hall–Kier alpha value is -2.55. The van der Waals surface area contributed by atoms with E-state index in [2.05, 4.69) is 25.0 Å². The summed E-state index contributed by atoms with van der Waals surface area (Å²) in [4.78, 5) is 15.0. The van der Waals surface area contributed by atoms with Gasteiger partial charge in [-0.15, -0.1) is 0 Å². The van der Waals surface area contributed by atoms with Crippen LogP contribution in [0.4, 0.5) is 13.2 Å². The molecule has 0 spiro atoms. The van der Waals surface area contributed by atoms with Gasteiger partial charge in [-0.1, -0.05) is 0 Å². The Balaban J connectivity index is 1.49. The molecule has 0 radical (unpaired) electrons. The first kappa shape index (κ1) is 18.8. The van der Waals surface area contributed by atoms with E-state index in [9.17, 15) is 13.2 Å². The average Bonchev–Trinajstić information content (AvgIpc) is 3.06. The number of nitrogens with zero attached hydrogens (tertiary/aromatic N) is 6. The van der Waals surface area contributed by atoms with Gasteiger partial charge in [-0.2, -0.15) is 18.3 Å². The molecule has 3 aromatic rings. The molecule has 4 rings (SSSR count). The van der Waals surface area contributed by atoms with E-state index < -0.39 is 11.9 Å². The second kappa shape index (κ2) is 7.12. The first-order chi connectivity index (χ1) is 13.3. The van der Waals surface area contributed by atoms with Gasteiger partial charge in [0.25, 0.3) is 0 Å². The van der Waals surface area contributed by atoms with Crippen molar-refractivity contribution in [2.24, 2.45) is 0 Å². The van der Waals surface area contributed by atoms with Crippen LogP contribution in [0.2, 0.25) is 0 Å². The van der Waals surface area contributed by atoms with Crippen LogP contribution < -0.4 is 0 Å². The van der Waals surface area contributed by atoms with Crippen molar-refractivity contribution in [3.05, 3.63) is 53.0 Å². The molecule has 1 fully saturated rings. The van der Waals surface area contributed by atoms with Crippen LogP contribution in [0, 0.1) is 13.8 Å². The molecule has 6 nitrogen and oxygen atoms in total. The third-order valence-electron chi connectivity index (χ3n) is 5.11. The maximum Gasteiger partial charge on any atom is 0.433 e. The van der Waals surface area contributed by atoms with Crippen molar-refractivity contribution in [2.75, 3.05) is 13.1 Å². The number of halogens is 3. The Labute approximate surface area is 160 Å². The average molecular weight is 390 g/mol. The third-order valence-corrected chi connectivity index (χ3v) is 5.11. The highest BCUT2D eigenvalue weighted by molar-refractivity contribution is 5.43. The molecule has 0 bridgehead atoms. The van der Waals surface area contributed by atoms with Gasteiger partial charge < -0.3 is 0 Å². The summed E-state index contributed by atoms with van der Waals surface area (Å²) in [6.07, 6.45) is 0.898. The topological polar surface area (TPSA) is 59.2 Å². The molecule has 0 aromatic carbocycles. The summed E-state index contributed by atoms with van der Waals surface area (Å²) in [5.74, 6) is 0.880. The predicted octanol–water partition coefficient (Wildman–Crippen LogP) is 3.53. The maximum absolute atomic E-state index is 13.3. The van der Waals surface area contributed by atoms with Crippen molar-refractivity contribution in [3.8, 4) is 0 Å². The van der Waals surface area contributed by atoms with Gasteiger partial charge in [0, 0.05) is 42.2 Å².